The number of hydrogen-bond acceptors (Lipinski definition) is 9. The van der Waals surface area contributed by atoms with Gasteiger partial charge in [-0.25, -0.2) is 0 Å². The molecule has 5 unspecified atom stereocenters. The van der Waals surface area contributed by atoms with Crippen molar-refractivity contribution in [3.05, 3.63) is 47.0 Å². The summed E-state index contributed by atoms with van der Waals surface area (Å²) < 4.78 is 5.59. The van der Waals surface area contributed by atoms with E-state index in [4.69, 9.17) is 26.7 Å². The summed E-state index contributed by atoms with van der Waals surface area (Å²) in [6.45, 7) is 10.5. The Bertz CT molecular complexity index is 1270. The largest absolute Gasteiger partial charge is 0.424 e. The maximum absolute atomic E-state index is 7.95. The summed E-state index contributed by atoms with van der Waals surface area (Å²) in [7, 11) is 1.50. The predicted molar refractivity (Wildman–Crippen MR) is 171 cm³/mol. The Labute approximate surface area is 239 Å². The van der Waals surface area contributed by atoms with Crippen LogP contribution in [-0.2, 0) is 0 Å². The molecule has 2 fully saturated rings. The van der Waals surface area contributed by atoms with Crippen LogP contribution >= 0.6 is 0 Å². The lowest BCUT2D eigenvalue weighted by Gasteiger charge is -2.44. The Morgan fingerprint density at radius 3 is 2.35 bits per heavy atom. The third-order valence-electron chi connectivity index (χ3n) is 7.63. The number of nitrogen functional groups attached to an aromatic ring is 2. The van der Waals surface area contributed by atoms with E-state index in [1.807, 2.05) is 39.8 Å². The molecule has 9 heteroatoms. The van der Waals surface area contributed by atoms with Gasteiger partial charge in [-0.1, -0.05) is 19.9 Å². The first-order chi connectivity index (χ1) is 19.5. The molecule has 218 valence electrons. The summed E-state index contributed by atoms with van der Waals surface area (Å²) in [6.07, 6.45) is 8.33. The number of fused-ring (bicyclic) bond motifs is 8. The number of nitrogens with two attached hydrogens (primary N) is 3. The zero-order valence-corrected chi connectivity index (χ0v) is 24.9. The van der Waals surface area contributed by atoms with Crippen LogP contribution in [0.15, 0.2) is 39.7 Å². The summed E-state index contributed by atoms with van der Waals surface area (Å²) in [5, 5.41) is 17.8. The number of anilines is 3. The molecular weight excluding hydrogens is 500 g/mol. The monoisotopic (exact) mass is 548 g/mol. The van der Waals surface area contributed by atoms with Crippen LogP contribution < -0.4 is 22.5 Å². The molecule has 0 radical (unpaired) electrons. The summed E-state index contributed by atoms with van der Waals surface area (Å²) in [5.74, 6) is 2.35. The number of nitrogens with zero attached hydrogens (tertiary/aromatic N) is 2. The van der Waals surface area contributed by atoms with Crippen molar-refractivity contribution in [1.82, 2.24) is 4.98 Å². The van der Waals surface area contributed by atoms with E-state index >= 15 is 0 Å². The molecule has 40 heavy (non-hydrogen) atoms. The Morgan fingerprint density at radius 1 is 1.07 bits per heavy atom. The number of aliphatic imine (C=N–C) groups is 1. The van der Waals surface area contributed by atoms with Crippen LogP contribution in [0.3, 0.4) is 0 Å². The normalized spacial score (nSPS) is 22.9. The first-order valence-electron chi connectivity index (χ1n) is 14.3. The molecule has 0 amide bonds. The first-order valence-corrected chi connectivity index (χ1v) is 14.3. The smallest absolute Gasteiger partial charge is 0.292 e. The lowest BCUT2D eigenvalue weighted by Crippen LogP contribution is -2.36. The van der Waals surface area contributed by atoms with E-state index in [2.05, 4.69) is 39.2 Å². The average molecular weight is 549 g/mol. The number of aromatic nitrogens is 1. The fourth-order valence-electron chi connectivity index (χ4n) is 6.45. The molecule has 3 aromatic rings. The van der Waals surface area contributed by atoms with E-state index in [0.717, 1.165) is 28.9 Å². The number of oxazole rings is 1. The van der Waals surface area contributed by atoms with Gasteiger partial charge in [-0.3, -0.25) is 4.99 Å². The first kappa shape index (κ1) is 32.5. The van der Waals surface area contributed by atoms with Gasteiger partial charge in [0.15, 0.2) is 5.58 Å². The highest BCUT2D eigenvalue weighted by atomic mass is 16.4. The van der Waals surface area contributed by atoms with Crippen LogP contribution in [0.1, 0.15) is 82.5 Å². The predicted octanol–water partition coefficient (Wildman–Crippen LogP) is 6.64. The molecule has 9 nitrogen and oxygen atoms in total. The summed E-state index contributed by atoms with van der Waals surface area (Å²) in [6, 6.07) is 10.6. The Balaban J connectivity index is 0.000000406. The molecule has 6 rings (SSSR count). The van der Waals surface area contributed by atoms with E-state index in [9.17, 15) is 0 Å². The fraction of sp³-hybridized carbons (Fsp3) is 0.484. The standard InChI is InChI=1S/C22H23N5O.C4H9N.C2H5N.C2H6.CH5N/c23-9-13-14(24)4-6-16-20(13)18-10-1-2-11(7-10)19(18)21(26-16)12-3-5-15-17(8-12)28-22(25)27-15;1-3-5-4-2;1-2-3;2*1-2/h3-6,8-11,18-19,21,23,26H,1-2,7,24H2,(H2,25,27);3H,4H2,1-2H3;2-3H,1H3;1-2H3;2H2,1H3. The van der Waals surface area contributed by atoms with Crippen molar-refractivity contribution in [1.29, 1.82) is 10.8 Å². The molecule has 0 spiro atoms. The number of nitrogens with one attached hydrogen (secondary N) is 3. The quantitative estimate of drug-likeness (QED) is 0.158. The van der Waals surface area contributed by atoms with Crippen molar-refractivity contribution in [3.8, 4) is 0 Å². The minimum absolute atomic E-state index is 0.206. The third kappa shape index (κ3) is 6.70. The highest BCUT2D eigenvalue weighted by Gasteiger charge is 2.54. The molecule has 0 saturated heterocycles. The second-order valence-electron chi connectivity index (χ2n) is 9.56. The van der Waals surface area contributed by atoms with Crippen LogP contribution in [0.25, 0.3) is 11.1 Å². The van der Waals surface area contributed by atoms with E-state index in [1.165, 1.54) is 49.9 Å². The van der Waals surface area contributed by atoms with Crippen molar-refractivity contribution in [2.45, 2.75) is 65.8 Å². The van der Waals surface area contributed by atoms with Crippen molar-refractivity contribution < 1.29 is 4.42 Å². The fourth-order valence-corrected chi connectivity index (χ4v) is 6.45. The maximum atomic E-state index is 7.95. The van der Waals surface area contributed by atoms with Crippen molar-refractivity contribution in [3.63, 3.8) is 0 Å². The maximum Gasteiger partial charge on any atom is 0.292 e. The van der Waals surface area contributed by atoms with Crippen molar-refractivity contribution in [2.24, 2.45) is 28.5 Å². The van der Waals surface area contributed by atoms with Gasteiger partial charge in [0.25, 0.3) is 6.01 Å². The minimum atomic E-state index is 0.206. The number of hydrogen-bond donors (Lipinski definition) is 6. The molecule has 2 aliphatic carbocycles. The van der Waals surface area contributed by atoms with E-state index < -0.39 is 0 Å². The van der Waals surface area contributed by atoms with Gasteiger partial charge in [-0.15, -0.1) is 0 Å². The second-order valence-corrected chi connectivity index (χ2v) is 9.56. The average Bonchev–Trinajstić information content (AvgIpc) is 3.70. The topological polar surface area (TPSA) is 176 Å². The Hall–Kier alpha value is -3.72. The molecular formula is C31H48N8O. The zero-order chi connectivity index (χ0) is 29.8. The highest BCUT2D eigenvalue weighted by molar-refractivity contribution is 5.91. The van der Waals surface area contributed by atoms with Crippen molar-refractivity contribution in [2.75, 3.05) is 30.4 Å². The molecule has 1 aliphatic heterocycles. The van der Waals surface area contributed by atoms with Gasteiger partial charge >= 0.3 is 0 Å². The van der Waals surface area contributed by atoms with Crippen LogP contribution in [-0.4, -0.2) is 37.2 Å². The third-order valence-corrected chi connectivity index (χ3v) is 7.63. The number of rotatable bonds is 3. The molecule has 2 heterocycles. The SMILES string of the molecule is CC.CC=N.CC=NCC.CN.N=Cc1c(N)ccc2c1C1C3CCC(C3)C1C(c1ccc3nc(N)oc3c1)N2. The second kappa shape index (κ2) is 15.8. The molecule has 1 aromatic heterocycles. The van der Waals surface area contributed by atoms with Gasteiger partial charge in [0.2, 0.25) is 0 Å². The van der Waals surface area contributed by atoms with Crippen LogP contribution in [0.2, 0.25) is 0 Å². The summed E-state index contributed by atoms with van der Waals surface area (Å²) >= 11 is 0. The van der Waals surface area contributed by atoms with Gasteiger partial charge < -0.3 is 37.8 Å². The minimum Gasteiger partial charge on any atom is -0.424 e. The molecule has 5 atom stereocenters. The van der Waals surface area contributed by atoms with Crippen LogP contribution in [0.5, 0.6) is 0 Å². The van der Waals surface area contributed by atoms with Gasteiger partial charge in [-0.05, 0) is 119 Å². The van der Waals surface area contributed by atoms with Crippen LogP contribution in [0, 0.1) is 28.6 Å². The zero-order valence-electron chi connectivity index (χ0n) is 24.9. The van der Waals surface area contributed by atoms with Gasteiger partial charge in [0.1, 0.15) is 5.52 Å². The van der Waals surface area contributed by atoms with Gasteiger partial charge in [0, 0.05) is 29.7 Å². The number of benzene rings is 2. The van der Waals surface area contributed by atoms with Crippen molar-refractivity contribution >= 4 is 47.1 Å². The van der Waals surface area contributed by atoms with E-state index in [-0.39, 0.29) is 12.1 Å². The van der Waals surface area contributed by atoms with Gasteiger partial charge in [0.05, 0.1) is 6.04 Å². The van der Waals surface area contributed by atoms with E-state index in [0.29, 0.717) is 29.4 Å². The molecule has 2 aromatic carbocycles. The molecule has 2 bridgehead atoms. The van der Waals surface area contributed by atoms with Gasteiger partial charge in [-0.2, -0.15) is 4.98 Å². The summed E-state index contributed by atoms with van der Waals surface area (Å²) in [5.41, 5.74) is 23.2. The Morgan fingerprint density at radius 2 is 1.75 bits per heavy atom. The van der Waals surface area contributed by atoms with Crippen LogP contribution in [0.4, 0.5) is 17.4 Å². The molecule has 9 N–H and O–H groups in total. The van der Waals surface area contributed by atoms with E-state index in [1.54, 1.807) is 13.1 Å². The highest BCUT2D eigenvalue weighted by Crippen LogP contribution is 2.64. The molecule has 2 saturated carbocycles. The lowest BCUT2D eigenvalue weighted by atomic mass is 9.67. The molecule has 3 aliphatic rings. The lowest BCUT2D eigenvalue weighted by molar-refractivity contribution is 0.247. The summed E-state index contributed by atoms with van der Waals surface area (Å²) in [4.78, 5) is 8.07. The Kier molecular flexibility index (Phi) is 12.8.